The number of rotatable bonds is 3. The van der Waals surface area contributed by atoms with Gasteiger partial charge in [-0.1, -0.05) is 0 Å². The second-order valence-corrected chi connectivity index (χ2v) is 5.85. The van der Waals surface area contributed by atoms with E-state index in [1.54, 1.807) is 14.2 Å². The average molecular weight is 321 g/mol. The predicted octanol–water partition coefficient (Wildman–Crippen LogP) is 3.21. The van der Waals surface area contributed by atoms with Crippen molar-refractivity contribution in [2.24, 2.45) is 0 Å². The minimum absolute atomic E-state index is 0.769. The molecule has 5 nitrogen and oxygen atoms in total. The molecule has 0 fully saturated rings. The lowest BCUT2D eigenvalue weighted by Crippen LogP contribution is -2.31. The van der Waals surface area contributed by atoms with Gasteiger partial charge in [0, 0.05) is 30.9 Å². The summed E-state index contributed by atoms with van der Waals surface area (Å²) >= 11 is 0. The van der Waals surface area contributed by atoms with Crippen LogP contribution in [0.1, 0.15) is 11.1 Å². The van der Waals surface area contributed by atoms with E-state index in [0.717, 1.165) is 47.7 Å². The minimum Gasteiger partial charge on any atom is -0.493 e. The Kier molecular flexibility index (Phi) is 3.69. The molecule has 0 saturated heterocycles. The van der Waals surface area contributed by atoms with Crippen molar-refractivity contribution in [1.82, 2.24) is 9.97 Å². The van der Waals surface area contributed by atoms with E-state index in [1.807, 2.05) is 24.5 Å². The summed E-state index contributed by atoms with van der Waals surface area (Å²) in [6.07, 6.45) is 4.59. The summed E-state index contributed by atoms with van der Waals surface area (Å²) in [5, 5.41) is 1.09. The zero-order chi connectivity index (χ0) is 16.5. The molecular formula is C19H19N3O2. The van der Waals surface area contributed by atoms with Crippen LogP contribution >= 0.6 is 0 Å². The van der Waals surface area contributed by atoms with Crippen molar-refractivity contribution >= 4 is 16.7 Å². The molecule has 0 N–H and O–H groups in total. The van der Waals surface area contributed by atoms with Gasteiger partial charge in [-0.2, -0.15) is 0 Å². The quantitative estimate of drug-likeness (QED) is 0.741. The van der Waals surface area contributed by atoms with Crippen LogP contribution in [0.3, 0.4) is 0 Å². The van der Waals surface area contributed by atoms with Gasteiger partial charge in [-0.05, 0) is 47.9 Å². The fourth-order valence-electron chi connectivity index (χ4n) is 3.30. The second-order valence-electron chi connectivity index (χ2n) is 5.85. The monoisotopic (exact) mass is 321 g/mol. The molecule has 24 heavy (non-hydrogen) atoms. The van der Waals surface area contributed by atoms with Crippen molar-refractivity contribution in [2.75, 3.05) is 25.7 Å². The first kappa shape index (κ1) is 14.8. The van der Waals surface area contributed by atoms with E-state index in [1.165, 1.54) is 11.1 Å². The maximum Gasteiger partial charge on any atom is 0.161 e. The molecule has 0 spiro atoms. The molecule has 3 aromatic rings. The number of anilines is 1. The highest BCUT2D eigenvalue weighted by atomic mass is 16.5. The Hall–Kier alpha value is -2.82. The first-order chi connectivity index (χ1) is 11.8. The Balaban J connectivity index is 1.73. The SMILES string of the molecule is COc1cc2c(cc1OC)CN(c1nccc3ncccc13)CC2. The molecular weight excluding hydrogens is 302 g/mol. The van der Waals surface area contributed by atoms with Crippen LogP contribution in [0.15, 0.2) is 42.7 Å². The van der Waals surface area contributed by atoms with Gasteiger partial charge in [-0.25, -0.2) is 4.98 Å². The van der Waals surface area contributed by atoms with Crippen molar-refractivity contribution in [3.63, 3.8) is 0 Å². The lowest BCUT2D eigenvalue weighted by Gasteiger charge is -2.31. The number of aromatic nitrogens is 2. The maximum absolute atomic E-state index is 5.44. The molecule has 0 aliphatic carbocycles. The van der Waals surface area contributed by atoms with Crippen LogP contribution in [0.4, 0.5) is 5.82 Å². The van der Waals surface area contributed by atoms with Crippen LogP contribution in [0.5, 0.6) is 11.5 Å². The summed E-state index contributed by atoms with van der Waals surface area (Å²) in [5.74, 6) is 2.55. The molecule has 1 aliphatic rings. The summed E-state index contributed by atoms with van der Waals surface area (Å²) < 4.78 is 10.9. The zero-order valence-electron chi connectivity index (χ0n) is 13.8. The Labute approximate surface area is 140 Å². The van der Waals surface area contributed by atoms with E-state index < -0.39 is 0 Å². The van der Waals surface area contributed by atoms with E-state index in [4.69, 9.17) is 9.47 Å². The Morgan fingerprint density at radius 3 is 2.54 bits per heavy atom. The van der Waals surface area contributed by atoms with E-state index in [2.05, 4.69) is 33.1 Å². The van der Waals surface area contributed by atoms with Crippen LogP contribution in [0.2, 0.25) is 0 Å². The van der Waals surface area contributed by atoms with Gasteiger partial charge < -0.3 is 14.4 Å². The van der Waals surface area contributed by atoms with Crippen molar-refractivity contribution in [1.29, 1.82) is 0 Å². The normalized spacial score (nSPS) is 13.7. The molecule has 0 amide bonds. The van der Waals surface area contributed by atoms with Crippen molar-refractivity contribution in [3.8, 4) is 11.5 Å². The van der Waals surface area contributed by atoms with E-state index in [-0.39, 0.29) is 0 Å². The summed E-state index contributed by atoms with van der Waals surface area (Å²) in [5.41, 5.74) is 3.53. The van der Waals surface area contributed by atoms with Gasteiger partial charge in [0.1, 0.15) is 5.82 Å². The van der Waals surface area contributed by atoms with E-state index in [9.17, 15) is 0 Å². The minimum atomic E-state index is 0.769. The van der Waals surface area contributed by atoms with Crippen LogP contribution in [0.25, 0.3) is 10.9 Å². The predicted molar refractivity (Wildman–Crippen MR) is 93.8 cm³/mol. The molecule has 1 aliphatic heterocycles. The molecule has 0 atom stereocenters. The average Bonchev–Trinajstić information content (AvgIpc) is 2.66. The topological polar surface area (TPSA) is 47.5 Å². The highest BCUT2D eigenvalue weighted by Gasteiger charge is 2.21. The van der Waals surface area contributed by atoms with Gasteiger partial charge >= 0.3 is 0 Å². The molecule has 122 valence electrons. The van der Waals surface area contributed by atoms with Gasteiger partial charge in [-0.3, -0.25) is 4.98 Å². The van der Waals surface area contributed by atoms with Crippen LogP contribution < -0.4 is 14.4 Å². The molecule has 1 aromatic carbocycles. The van der Waals surface area contributed by atoms with Gasteiger partial charge in [0.25, 0.3) is 0 Å². The molecule has 4 rings (SSSR count). The highest BCUT2D eigenvalue weighted by Crippen LogP contribution is 2.35. The molecule has 3 heterocycles. The van der Waals surface area contributed by atoms with Crippen molar-refractivity contribution in [2.45, 2.75) is 13.0 Å². The standard InChI is InChI=1S/C19H19N3O2/c1-23-17-10-13-6-9-22(12-14(13)11-18(17)24-2)19-15-4-3-7-20-16(15)5-8-21-19/h3-5,7-8,10-11H,6,9,12H2,1-2H3. The number of methoxy groups -OCH3 is 2. The van der Waals surface area contributed by atoms with E-state index >= 15 is 0 Å². The van der Waals surface area contributed by atoms with Gasteiger partial charge in [0.15, 0.2) is 11.5 Å². The largest absolute Gasteiger partial charge is 0.493 e. The molecule has 0 saturated carbocycles. The van der Waals surface area contributed by atoms with Crippen LogP contribution in [-0.4, -0.2) is 30.7 Å². The number of pyridine rings is 2. The van der Waals surface area contributed by atoms with Gasteiger partial charge in [0.05, 0.1) is 19.7 Å². The van der Waals surface area contributed by atoms with Gasteiger partial charge in [0.2, 0.25) is 0 Å². The third kappa shape index (κ3) is 2.42. The molecule has 0 bridgehead atoms. The Bertz CT molecular complexity index is 890. The van der Waals surface area contributed by atoms with Gasteiger partial charge in [-0.15, -0.1) is 0 Å². The molecule has 0 radical (unpaired) electrons. The van der Waals surface area contributed by atoms with E-state index in [0.29, 0.717) is 0 Å². The summed E-state index contributed by atoms with van der Waals surface area (Å²) in [4.78, 5) is 11.3. The number of ether oxygens (including phenoxy) is 2. The number of hydrogen-bond acceptors (Lipinski definition) is 5. The van der Waals surface area contributed by atoms with Crippen molar-refractivity contribution in [3.05, 3.63) is 53.9 Å². The molecule has 5 heteroatoms. The third-order valence-corrected chi connectivity index (χ3v) is 4.53. The summed E-state index contributed by atoms with van der Waals surface area (Å²) in [6.45, 7) is 1.72. The Morgan fingerprint density at radius 2 is 1.75 bits per heavy atom. The third-order valence-electron chi connectivity index (χ3n) is 4.53. The molecule has 0 unspecified atom stereocenters. The number of nitrogens with zero attached hydrogens (tertiary/aromatic N) is 3. The fourth-order valence-corrected chi connectivity index (χ4v) is 3.30. The lowest BCUT2D eigenvalue weighted by atomic mass is 9.98. The second kappa shape index (κ2) is 6.00. The number of fused-ring (bicyclic) bond motifs is 2. The smallest absolute Gasteiger partial charge is 0.161 e. The summed E-state index contributed by atoms with van der Waals surface area (Å²) in [6, 6.07) is 10.1. The lowest BCUT2D eigenvalue weighted by molar-refractivity contribution is 0.353. The highest BCUT2D eigenvalue weighted by molar-refractivity contribution is 5.89. The Morgan fingerprint density at radius 1 is 0.958 bits per heavy atom. The van der Waals surface area contributed by atoms with Crippen LogP contribution in [-0.2, 0) is 13.0 Å². The zero-order valence-corrected chi connectivity index (χ0v) is 13.8. The first-order valence-electron chi connectivity index (χ1n) is 7.98. The fraction of sp³-hybridized carbons (Fsp3) is 0.263. The summed E-state index contributed by atoms with van der Waals surface area (Å²) in [7, 11) is 3.34. The molecule has 2 aromatic heterocycles. The first-order valence-corrected chi connectivity index (χ1v) is 7.98. The number of hydrogen-bond donors (Lipinski definition) is 0. The number of benzene rings is 1. The van der Waals surface area contributed by atoms with Crippen LogP contribution in [0, 0.1) is 0 Å². The maximum atomic E-state index is 5.44. The van der Waals surface area contributed by atoms with Crippen molar-refractivity contribution < 1.29 is 9.47 Å².